The molecular formula is C10H13NO5S2. The van der Waals surface area contributed by atoms with Crippen molar-refractivity contribution in [2.24, 2.45) is 0 Å². The second-order valence-corrected chi connectivity index (χ2v) is 4.89. The first kappa shape index (κ1) is 14.7. The minimum atomic E-state index is -0.826. The average molecular weight is 291 g/mol. The predicted octanol–water partition coefficient (Wildman–Crippen LogP) is 1.65. The Labute approximate surface area is 113 Å². The van der Waals surface area contributed by atoms with Gasteiger partial charge in [-0.3, -0.25) is 9.36 Å². The largest absolute Gasteiger partial charge is 0.494 e. The highest BCUT2D eigenvalue weighted by Gasteiger charge is 2.25. The molecule has 0 aliphatic rings. The van der Waals surface area contributed by atoms with Gasteiger partial charge in [-0.1, -0.05) is 0 Å². The van der Waals surface area contributed by atoms with Gasteiger partial charge in [0.1, 0.15) is 6.04 Å². The molecule has 8 heteroatoms. The fourth-order valence-electron chi connectivity index (χ4n) is 1.44. The topological polar surface area (TPSA) is 77.8 Å². The standard InChI is InChI=1S/C10H13NO5S2/c1-15-8(13)4-3-6(9(14)16-2)11-7(12)5-18-10(11)17/h5-6,12H,3-4H2,1-2H3. The SMILES string of the molecule is COC(=O)CCC(C(=O)OC)n1c(O)csc1=S. The van der Waals surface area contributed by atoms with Gasteiger partial charge in [0.25, 0.3) is 0 Å². The van der Waals surface area contributed by atoms with Crippen molar-refractivity contribution in [1.29, 1.82) is 0 Å². The molecule has 0 amide bonds. The molecule has 1 atom stereocenters. The summed E-state index contributed by atoms with van der Waals surface area (Å²) in [5.74, 6) is -1.13. The molecule has 100 valence electrons. The van der Waals surface area contributed by atoms with E-state index in [4.69, 9.17) is 12.2 Å². The molecular weight excluding hydrogens is 278 g/mol. The van der Waals surface area contributed by atoms with Gasteiger partial charge in [0.15, 0.2) is 3.95 Å². The van der Waals surface area contributed by atoms with Crippen LogP contribution in [0.1, 0.15) is 18.9 Å². The van der Waals surface area contributed by atoms with Gasteiger partial charge in [-0.05, 0) is 18.6 Å². The van der Waals surface area contributed by atoms with Gasteiger partial charge in [-0.25, -0.2) is 4.79 Å². The van der Waals surface area contributed by atoms with Crippen molar-refractivity contribution in [3.8, 4) is 5.88 Å². The lowest BCUT2D eigenvalue weighted by molar-refractivity contribution is -0.146. The van der Waals surface area contributed by atoms with E-state index >= 15 is 0 Å². The van der Waals surface area contributed by atoms with Crippen molar-refractivity contribution >= 4 is 35.5 Å². The van der Waals surface area contributed by atoms with E-state index in [1.54, 1.807) is 0 Å². The van der Waals surface area contributed by atoms with Crippen LogP contribution in [0.25, 0.3) is 0 Å². The van der Waals surface area contributed by atoms with Crippen LogP contribution >= 0.6 is 23.6 Å². The minimum absolute atomic E-state index is 0.0350. The lowest BCUT2D eigenvalue weighted by atomic mass is 10.1. The highest BCUT2D eigenvalue weighted by molar-refractivity contribution is 7.73. The molecule has 0 aliphatic heterocycles. The van der Waals surface area contributed by atoms with Crippen molar-refractivity contribution < 1.29 is 24.2 Å². The van der Waals surface area contributed by atoms with E-state index < -0.39 is 18.0 Å². The molecule has 1 aromatic heterocycles. The number of thiazole rings is 1. The summed E-state index contributed by atoms with van der Waals surface area (Å²) in [7, 11) is 2.50. The molecule has 0 aromatic carbocycles. The molecule has 0 radical (unpaired) electrons. The van der Waals surface area contributed by atoms with Crippen LogP contribution in [0, 0.1) is 3.95 Å². The van der Waals surface area contributed by atoms with Gasteiger partial charge in [-0.15, -0.1) is 11.3 Å². The summed E-state index contributed by atoms with van der Waals surface area (Å²) in [6, 6.07) is -0.826. The predicted molar refractivity (Wildman–Crippen MR) is 67.1 cm³/mol. The van der Waals surface area contributed by atoms with E-state index in [9.17, 15) is 14.7 Å². The van der Waals surface area contributed by atoms with Crippen LogP contribution in [0.3, 0.4) is 0 Å². The number of aromatic hydroxyl groups is 1. The quantitative estimate of drug-likeness (QED) is 0.656. The number of nitrogens with zero attached hydrogens (tertiary/aromatic N) is 1. The molecule has 0 aliphatic carbocycles. The maximum Gasteiger partial charge on any atom is 0.329 e. The summed E-state index contributed by atoms with van der Waals surface area (Å²) in [6.07, 6.45) is 0.186. The number of carbonyl (C=O) groups excluding carboxylic acids is 2. The first-order chi connectivity index (χ1) is 8.51. The number of esters is 2. The van der Waals surface area contributed by atoms with Crippen LogP contribution in [0.15, 0.2) is 5.38 Å². The summed E-state index contributed by atoms with van der Waals surface area (Å²) >= 11 is 6.15. The van der Waals surface area contributed by atoms with E-state index in [0.29, 0.717) is 3.95 Å². The smallest absolute Gasteiger partial charge is 0.329 e. The molecule has 0 spiro atoms. The van der Waals surface area contributed by atoms with Crippen LogP contribution < -0.4 is 0 Å². The maximum atomic E-state index is 11.7. The zero-order valence-corrected chi connectivity index (χ0v) is 11.5. The zero-order valence-electron chi connectivity index (χ0n) is 9.91. The molecule has 0 saturated heterocycles. The van der Waals surface area contributed by atoms with Crippen molar-refractivity contribution in [1.82, 2.24) is 4.57 Å². The molecule has 1 aromatic rings. The van der Waals surface area contributed by atoms with E-state index in [1.165, 1.54) is 24.2 Å². The molecule has 1 N–H and O–H groups in total. The zero-order chi connectivity index (χ0) is 13.7. The van der Waals surface area contributed by atoms with E-state index in [2.05, 4.69) is 9.47 Å². The highest BCUT2D eigenvalue weighted by atomic mass is 32.1. The molecule has 1 unspecified atom stereocenters. The Morgan fingerprint density at radius 2 is 2.17 bits per heavy atom. The Kier molecular flexibility index (Phi) is 5.29. The second-order valence-electron chi connectivity index (χ2n) is 3.38. The first-order valence-corrected chi connectivity index (χ1v) is 6.33. The van der Waals surface area contributed by atoms with E-state index in [0.717, 1.165) is 11.3 Å². The minimum Gasteiger partial charge on any atom is -0.494 e. The monoisotopic (exact) mass is 291 g/mol. The van der Waals surface area contributed by atoms with Crippen LogP contribution in [-0.4, -0.2) is 35.8 Å². The summed E-state index contributed by atoms with van der Waals surface area (Å²) in [6.45, 7) is 0. The van der Waals surface area contributed by atoms with Crippen LogP contribution in [-0.2, 0) is 19.1 Å². The molecule has 1 heterocycles. The van der Waals surface area contributed by atoms with Gasteiger partial charge >= 0.3 is 11.9 Å². The third-order valence-electron chi connectivity index (χ3n) is 2.34. The third kappa shape index (κ3) is 3.30. The third-order valence-corrected chi connectivity index (χ3v) is 3.56. The fraction of sp³-hybridized carbons (Fsp3) is 0.500. The normalized spacial score (nSPS) is 11.9. The number of carbonyl (C=O) groups is 2. The van der Waals surface area contributed by atoms with Crippen LogP contribution in [0.5, 0.6) is 5.88 Å². The Balaban J connectivity index is 2.96. The molecule has 0 bridgehead atoms. The Morgan fingerprint density at radius 1 is 1.50 bits per heavy atom. The number of ether oxygens (including phenoxy) is 2. The molecule has 1 rings (SSSR count). The lowest BCUT2D eigenvalue weighted by Crippen LogP contribution is -2.22. The van der Waals surface area contributed by atoms with Gasteiger partial charge in [0.2, 0.25) is 5.88 Å². The Bertz CT molecular complexity index is 493. The molecule has 0 saturated carbocycles. The van der Waals surface area contributed by atoms with E-state index in [1.807, 2.05) is 0 Å². The molecule has 0 fully saturated rings. The fourth-order valence-corrected chi connectivity index (χ4v) is 2.46. The molecule has 6 nitrogen and oxygen atoms in total. The number of hydrogen-bond donors (Lipinski definition) is 1. The number of hydrogen-bond acceptors (Lipinski definition) is 7. The van der Waals surface area contributed by atoms with Crippen LogP contribution in [0.2, 0.25) is 0 Å². The maximum absolute atomic E-state index is 11.7. The highest BCUT2D eigenvalue weighted by Crippen LogP contribution is 2.26. The Morgan fingerprint density at radius 3 is 2.61 bits per heavy atom. The lowest BCUT2D eigenvalue weighted by Gasteiger charge is -2.16. The van der Waals surface area contributed by atoms with Gasteiger partial charge in [-0.2, -0.15) is 0 Å². The van der Waals surface area contributed by atoms with Crippen LogP contribution in [0.4, 0.5) is 0 Å². The average Bonchev–Trinajstić information content (AvgIpc) is 2.69. The van der Waals surface area contributed by atoms with Crippen molar-refractivity contribution in [3.63, 3.8) is 0 Å². The van der Waals surface area contributed by atoms with Gasteiger partial charge in [0.05, 0.1) is 19.6 Å². The summed E-state index contributed by atoms with van der Waals surface area (Å²) < 4.78 is 10.8. The first-order valence-electron chi connectivity index (χ1n) is 5.05. The van der Waals surface area contributed by atoms with Crippen molar-refractivity contribution in [2.75, 3.05) is 14.2 Å². The van der Waals surface area contributed by atoms with E-state index in [-0.39, 0.29) is 18.7 Å². The summed E-state index contributed by atoms with van der Waals surface area (Å²) in [4.78, 5) is 22.8. The van der Waals surface area contributed by atoms with Crippen molar-refractivity contribution in [3.05, 3.63) is 9.33 Å². The number of rotatable bonds is 5. The second kappa shape index (κ2) is 6.50. The number of methoxy groups -OCH3 is 2. The summed E-state index contributed by atoms with van der Waals surface area (Å²) in [5.41, 5.74) is 0. The van der Waals surface area contributed by atoms with Gasteiger partial charge < -0.3 is 14.6 Å². The van der Waals surface area contributed by atoms with Crippen molar-refractivity contribution in [2.45, 2.75) is 18.9 Å². The summed E-state index contributed by atoms with van der Waals surface area (Å²) in [5, 5.41) is 11.1. The Hall–Kier alpha value is -1.41. The molecule has 18 heavy (non-hydrogen) atoms. The number of aromatic nitrogens is 1. The van der Waals surface area contributed by atoms with Gasteiger partial charge in [0, 0.05) is 6.42 Å².